The highest BCUT2D eigenvalue weighted by atomic mass is 32.2. The summed E-state index contributed by atoms with van der Waals surface area (Å²) in [4.78, 5) is 4.85. The van der Waals surface area contributed by atoms with Gasteiger partial charge in [-0.05, 0) is 48.9 Å². The number of para-hydroxylation sites is 2. The Hall–Kier alpha value is -3.91. The molecule has 0 unspecified atom stereocenters. The molecule has 5 aromatic rings. The number of benzene rings is 3. The lowest BCUT2D eigenvalue weighted by Gasteiger charge is -2.11. The van der Waals surface area contributed by atoms with Gasteiger partial charge in [0.1, 0.15) is 23.0 Å². The molecule has 0 saturated heterocycles. The third-order valence-electron chi connectivity index (χ3n) is 5.27. The fourth-order valence-corrected chi connectivity index (χ4v) is 4.90. The molecular formula is C25H22N4O3S. The predicted octanol–water partition coefficient (Wildman–Crippen LogP) is 4.99. The summed E-state index contributed by atoms with van der Waals surface area (Å²) in [5, 5.41) is 3.76. The summed E-state index contributed by atoms with van der Waals surface area (Å²) in [5.74, 6) is 1.15. The van der Waals surface area contributed by atoms with Crippen LogP contribution in [0.1, 0.15) is 17.0 Å². The molecule has 0 bridgehead atoms. The Balaban J connectivity index is 1.43. The summed E-state index contributed by atoms with van der Waals surface area (Å²) in [6.45, 7) is 2.41. The maximum Gasteiger partial charge on any atom is 0.238 e. The first kappa shape index (κ1) is 21.0. The Kier molecular flexibility index (Phi) is 5.43. The maximum atomic E-state index is 12.5. The van der Waals surface area contributed by atoms with Gasteiger partial charge in [0.05, 0.1) is 11.0 Å². The molecule has 3 aromatic carbocycles. The van der Waals surface area contributed by atoms with Crippen molar-refractivity contribution < 1.29 is 12.9 Å². The van der Waals surface area contributed by atoms with Crippen molar-refractivity contribution >= 4 is 26.7 Å². The number of fused-ring (bicyclic) bond motifs is 1. The van der Waals surface area contributed by atoms with Gasteiger partial charge in [0.2, 0.25) is 10.0 Å². The van der Waals surface area contributed by atoms with Crippen molar-refractivity contribution in [3.63, 3.8) is 0 Å². The van der Waals surface area contributed by atoms with E-state index in [0.29, 0.717) is 23.7 Å². The van der Waals surface area contributed by atoms with Crippen LogP contribution < -0.4 is 4.72 Å². The summed E-state index contributed by atoms with van der Waals surface area (Å²) < 4.78 is 34.7. The van der Waals surface area contributed by atoms with Crippen LogP contribution in [-0.4, -0.2) is 23.1 Å². The van der Waals surface area contributed by atoms with Crippen molar-refractivity contribution in [3.05, 3.63) is 102 Å². The Bertz CT molecular complexity index is 1500. The van der Waals surface area contributed by atoms with Crippen LogP contribution in [0.4, 0.5) is 5.69 Å². The number of aryl methyl sites for hydroxylation is 1. The number of nitrogens with zero attached hydrogens (tertiary/aromatic N) is 3. The average molecular weight is 459 g/mol. The zero-order valence-electron chi connectivity index (χ0n) is 18.0. The summed E-state index contributed by atoms with van der Waals surface area (Å²) in [6.07, 6.45) is 0. The highest BCUT2D eigenvalue weighted by Gasteiger charge is 2.16. The molecule has 2 heterocycles. The lowest BCUT2D eigenvalue weighted by atomic mass is 10.2. The van der Waals surface area contributed by atoms with Gasteiger partial charge < -0.3 is 9.09 Å². The van der Waals surface area contributed by atoms with Crippen LogP contribution in [-0.2, 0) is 22.3 Å². The third kappa shape index (κ3) is 4.65. The van der Waals surface area contributed by atoms with E-state index < -0.39 is 10.0 Å². The fraction of sp³-hybridized carbons (Fsp3) is 0.120. The van der Waals surface area contributed by atoms with Crippen LogP contribution in [0, 0.1) is 6.92 Å². The minimum atomic E-state index is -3.61. The normalized spacial score (nSPS) is 11.7. The van der Waals surface area contributed by atoms with Gasteiger partial charge in [-0.15, -0.1) is 0 Å². The summed E-state index contributed by atoms with van der Waals surface area (Å²) in [7, 11) is -3.61. The van der Waals surface area contributed by atoms with Gasteiger partial charge in [0, 0.05) is 23.9 Å². The van der Waals surface area contributed by atoms with Crippen molar-refractivity contribution in [1.29, 1.82) is 0 Å². The van der Waals surface area contributed by atoms with E-state index in [1.165, 1.54) is 5.56 Å². The van der Waals surface area contributed by atoms with E-state index in [2.05, 4.69) is 32.6 Å². The van der Waals surface area contributed by atoms with E-state index in [1.54, 1.807) is 25.1 Å². The minimum Gasteiger partial charge on any atom is -0.361 e. The summed E-state index contributed by atoms with van der Waals surface area (Å²) in [5.41, 5.74) is 4.88. The van der Waals surface area contributed by atoms with Gasteiger partial charge in [-0.25, -0.2) is 13.4 Å². The highest BCUT2D eigenvalue weighted by molar-refractivity contribution is 7.91. The molecular weight excluding hydrogens is 436 g/mol. The maximum absolute atomic E-state index is 12.5. The van der Waals surface area contributed by atoms with E-state index in [0.717, 1.165) is 22.4 Å². The SMILES string of the molecule is Cc1cc(CS(=O)(=O)Nc2ccc(-c3nc4ccccc4n3Cc3ccccc3)cc2)no1. The zero-order chi connectivity index (χ0) is 22.8. The van der Waals surface area contributed by atoms with Gasteiger partial charge in [-0.2, -0.15) is 0 Å². The molecule has 0 fully saturated rings. The van der Waals surface area contributed by atoms with E-state index in [9.17, 15) is 8.42 Å². The monoisotopic (exact) mass is 458 g/mol. The van der Waals surface area contributed by atoms with Crippen molar-refractivity contribution in [3.8, 4) is 11.4 Å². The molecule has 5 rings (SSSR count). The minimum absolute atomic E-state index is 0.251. The second-order valence-electron chi connectivity index (χ2n) is 7.86. The van der Waals surface area contributed by atoms with E-state index in [1.807, 2.05) is 48.5 Å². The summed E-state index contributed by atoms with van der Waals surface area (Å²) >= 11 is 0. The first-order valence-corrected chi connectivity index (χ1v) is 12.1. The van der Waals surface area contributed by atoms with Crippen LogP contribution >= 0.6 is 0 Å². The molecule has 0 spiro atoms. The smallest absolute Gasteiger partial charge is 0.238 e. The topological polar surface area (TPSA) is 90.0 Å². The quantitative estimate of drug-likeness (QED) is 0.371. The van der Waals surface area contributed by atoms with Crippen molar-refractivity contribution in [2.24, 2.45) is 0 Å². The molecule has 0 aliphatic carbocycles. The second kappa shape index (κ2) is 8.55. The number of rotatable bonds is 7. The lowest BCUT2D eigenvalue weighted by molar-refractivity contribution is 0.392. The highest BCUT2D eigenvalue weighted by Crippen LogP contribution is 2.27. The standard InChI is InChI=1S/C25H22N4O3S/c1-18-15-22(27-32-18)17-33(30,31)28-21-13-11-20(12-14-21)25-26-23-9-5-6-10-24(23)29(25)16-19-7-3-2-4-8-19/h2-15,28H,16-17H2,1H3. The van der Waals surface area contributed by atoms with Crippen LogP contribution in [0.2, 0.25) is 0 Å². The number of hydrogen-bond donors (Lipinski definition) is 1. The van der Waals surface area contributed by atoms with Crippen molar-refractivity contribution in [2.75, 3.05) is 4.72 Å². The molecule has 0 aliphatic rings. The van der Waals surface area contributed by atoms with Gasteiger partial charge >= 0.3 is 0 Å². The van der Waals surface area contributed by atoms with Crippen molar-refractivity contribution in [1.82, 2.24) is 14.7 Å². The van der Waals surface area contributed by atoms with Crippen LogP contribution in [0.25, 0.3) is 22.4 Å². The average Bonchev–Trinajstić information content (AvgIpc) is 3.37. The predicted molar refractivity (Wildman–Crippen MR) is 128 cm³/mol. The first-order chi connectivity index (χ1) is 16.0. The number of sulfonamides is 1. The number of nitrogens with one attached hydrogen (secondary N) is 1. The van der Waals surface area contributed by atoms with Crippen LogP contribution in [0.3, 0.4) is 0 Å². The number of anilines is 1. The van der Waals surface area contributed by atoms with E-state index >= 15 is 0 Å². The molecule has 33 heavy (non-hydrogen) atoms. The molecule has 0 aliphatic heterocycles. The molecule has 0 atom stereocenters. The molecule has 166 valence electrons. The molecule has 1 N–H and O–H groups in total. The third-order valence-corrected chi connectivity index (χ3v) is 6.49. The molecule has 7 nitrogen and oxygen atoms in total. The van der Waals surface area contributed by atoms with E-state index in [-0.39, 0.29) is 5.75 Å². The van der Waals surface area contributed by atoms with Gasteiger partial charge in [0.25, 0.3) is 0 Å². The largest absolute Gasteiger partial charge is 0.361 e. The number of aromatic nitrogens is 3. The fourth-order valence-electron chi connectivity index (χ4n) is 3.81. The Morgan fingerprint density at radius 1 is 0.939 bits per heavy atom. The lowest BCUT2D eigenvalue weighted by Crippen LogP contribution is -2.15. The molecule has 2 aromatic heterocycles. The molecule has 0 radical (unpaired) electrons. The molecule has 8 heteroatoms. The first-order valence-electron chi connectivity index (χ1n) is 10.5. The van der Waals surface area contributed by atoms with Crippen LogP contribution in [0.15, 0.2) is 89.5 Å². The Labute approximate surface area is 191 Å². The number of hydrogen-bond acceptors (Lipinski definition) is 5. The Morgan fingerprint density at radius 2 is 1.67 bits per heavy atom. The number of imidazole rings is 1. The van der Waals surface area contributed by atoms with E-state index in [4.69, 9.17) is 9.51 Å². The van der Waals surface area contributed by atoms with Crippen molar-refractivity contribution in [2.45, 2.75) is 19.2 Å². The zero-order valence-corrected chi connectivity index (χ0v) is 18.8. The molecule has 0 amide bonds. The Morgan fingerprint density at radius 3 is 2.39 bits per heavy atom. The van der Waals surface area contributed by atoms with Crippen LogP contribution in [0.5, 0.6) is 0 Å². The molecule has 0 saturated carbocycles. The van der Waals surface area contributed by atoms with Gasteiger partial charge in [0.15, 0.2) is 0 Å². The second-order valence-corrected chi connectivity index (χ2v) is 9.59. The van der Waals surface area contributed by atoms with Gasteiger partial charge in [-0.1, -0.05) is 47.6 Å². The van der Waals surface area contributed by atoms with Gasteiger partial charge in [-0.3, -0.25) is 4.72 Å². The summed E-state index contributed by atoms with van der Waals surface area (Å²) in [6, 6.07) is 27.1.